The quantitative estimate of drug-likeness (QED) is 0.541. The van der Waals surface area contributed by atoms with E-state index in [1.54, 1.807) is 0 Å². The molecule has 1 aromatic carbocycles. The lowest BCUT2D eigenvalue weighted by molar-refractivity contribution is 0.867. The lowest BCUT2D eigenvalue weighted by Crippen LogP contribution is -1.92. The van der Waals surface area contributed by atoms with Crippen molar-refractivity contribution in [1.82, 2.24) is 0 Å². The largest absolute Gasteiger partial charge is 0.0634 e. The maximum atomic E-state index is 3.44. The van der Waals surface area contributed by atoms with Crippen molar-refractivity contribution in [3.8, 4) is 0 Å². The zero-order valence-electron chi connectivity index (χ0n) is 6.39. The molecular formula is C9H12P. The number of benzene rings is 1. The van der Waals surface area contributed by atoms with Crippen LogP contribution in [0, 0.1) is 0 Å². The molecule has 0 aromatic heterocycles. The van der Waals surface area contributed by atoms with E-state index in [1.807, 2.05) is 0 Å². The molecule has 0 N–H and O–H groups in total. The van der Waals surface area contributed by atoms with Crippen molar-refractivity contribution in [1.29, 1.82) is 0 Å². The topological polar surface area (TPSA) is 0 Å². The number of rotatable bonds is 1. The van der Waals surface area contributed by atoms with Crippen LogP contribution in [0.25, 0.3) is 0 Å². The first-order chi connectivity index (χ1) is 4.70. The zero-order chi connectivity index (χ0) is 7.56. The Morgan fingerprint density at radius 3 is 2.00 bits per heavy atom. The fourth-order valence-electron chi connectivity index (χ4n) is 0.868. The lowest BCUT2D eigenvalue weighted by Gasteiger charge is -2.03. The van der Waals surface area contributed by atoms with Crippen LogP contribution >= 0.6 is 9.24 Å². The molecule has 0 aliphatic heterocycles. The molecule has 0 aliphatic carbocycles. The van der Waals surface area contributed by atoms with Crippen LogP contribution in [0.3, 0.4) is 0 Å². The Kier molecular flexibility index (Phi) is 2.45. The summed E-state index contributed by atoms with van der Waals surface area (Å²) in [6.07, 6.45) is 0. The van der Waals surface area contributed by atoms with Gasteiger partial charge in [0, 0.05) is 0 Å². The van der Waals surface area contributed by atoms with E-state index in [1.165, 1.54) is 5.56 Å². The molecular weight excluding hydrogens is 139 g/mol. The van der Waals surface area contributed by atoms with Gasteiger partial charge in [0.15, 0.2) is 0 Å². The van der Waals surface area contributed by atoms with Crippen LogP contribution in [0.2, 0.25) is 0 Å². The first kappa shape index (κ1) is 7.75. The second-order valence-corrected chi connectivity index (χ2v) is 3.35. The summed E-state index contributed by atoms with van der Waals surface area (Å²) in [5, 5.41) is 1.14. The van der Waals surface area contributed by atoms with Crippen molar-refractivity contribution in [3.05, 3.63) is 29.8 Å². The normalized spacial score (nSPS) is 10.4. The molecule has 0 fully saturated rings. The van der Waals surface area contributed by atoms with Crippen LogP contribution in [0.5, 0.6) is 0 Å². The van der Waals surface area contributed by atoms with Gasteiger partial charge in [-0.25, -0.2) is 0 Å². The van der Waals surface area contributed by atoms with E-state index in [-0.39, 0.29) is 0 Å². The van der Waals surface area contributed by atoms with Gasteiger partial charge in [0.1, 0.15) is 0 Å². The molecule has 0 bridgehead atoms. The van der Waals surface area contributed by atoms with E-state index in [2.05, 4.69) is 47.4 Å². The summed E-state index contributed by atoms with van der Waals surface area (Å²) in [7, 11) is 3.44. The van der Waals surface area contributed by atoms with Gasteiger partial charge in [0.2, 0.25) is 0 Å². The van der Waals surface area contributed by atoms with Gasteiger partial charge in [-0.2, -0.15) is 0 Å². The Morgan fingerprint density at radius 1 is 1.10 bits per heavy atom. The Labute approximate surface area is 64.9 Å². The van der Waals surface area contributed by atoms with Gasteiger partial charge in [-0.1, -0.05) is 47.4 Å². The molecule has 0 heterocycles. The van der Waals surface area contributed by atoms with Crippen molar-refractivity contribution >= 4 is 14.5 Å². The summed E-state index contributed by atoms with van der Waals surface area (Å²) in [4.78, 5) is 0. The van der Waals surface area contributed by atoms with Crippen LogP contribution in [0.15, 0.2) is 24.3 Å². The third-order valence-corrected chi connectivity index (χ3v) is 1.91. The minimum Gasteiger partial charge on any atom is -0.0634 e. The maximum Gasteiger partial charge on any atom is -0.0219 e. The predicted molar refractivity (Wildman–Crippen MR) is 48.5 cm³/mol. The lowest BCUT2D eigenvalue weighted by atomic mass is 10.0. The van der Waals surface area contributed by atoms with Crippen LogP contribution in [-0.2, 0) is 0 Å². The van der Waals surface area contributed by atoms with Crippen LogP contribution in [0.1, 0.15) is 25.3 Å². The average molecular weight is 151 g/mol. The van der Waals surface area contributed by atoms with Gasteiger partial charge in [0.05, 0.1) is 0 Å². The van der Waals surface area contributed by atoms with Crippen molar-refractivity contribution in [2.45, 2.75) is 19.8 Å². The second-order valence-electron chi connectivity index (χ2n) is 2.78. The van der Waals surface area contributed by atoms with Crippen molar-refractivity contribution in [2.24, 2.45) is 0 Å². The summed E-state index contributed by atoms with van der Waals surface area (Å²) >= 11 is 0. The molecule has 1 heteroatoms. The molecule has 0 atom stereocenters. The fraction of sp³-hybridized carbons (Fsp3) is 0.333. The SMILES string of the molecule is CC(C)c1ccc([PH])cc1. The van der Waals surface area contributed by atoms with E-state index in [9.17, 15) is 0 Å². The molecule has 53 valence electrons. The van der Waals surface area contributed by atoms with E-state index in [0.717, 1.165) is 5.30 Å². The van der Waals surface area contributed by atoms with Crippen molar-refractivity contribution in [2.75, 3.05) is 0 Å². The highest BCUT2D eigenvalue weighted by atomic mass is 31.0. The molecule has 0 nitrogen and oxygen atoms in total. The molecule has 0 saturated heterocycles. The highest BCUT2D eigenvalue weighted by Crippen LogP contribution is 2.11. The van der Waals surface area contributed by atoms with Gasteiger partial charge in [0.25, 0.3) is 0 Å². The highest BCUT2D eigenvalue weighted by Gasteiger charge is 1.95. The van der Waals surface area contributed by atoms with Gasteiger partial charge in [-0.3, -0.25) is 0 Å². The molecule has 0 spiro atoms. The molecule has 0 amide bonds. The first-order valence-electron chi connectivity index (χ1n) is 3.51. The predicted octanol–water partition coefficient (Wildman–Crippen LogP) is 2.58. The maximum absolute atomic E-state index is 3.44. The minimum absolute atomic E-state index is 0.632. The van der Waals surface area contributed by atoms with E-state index < -0.39 is 0 Å². The third-order valence-electron chi connectivity index (χ3n) is 1.58. The molecule has 0 unspecified atom stereocenters. The van der Waals surface area contributed by atoms with Gasteiger partial charge in [-0.15, -0.1) is 0 Å². The van der Waals surface area contributed by atoms with Crippen LogP contribution in [-0.4, -0.2) is 0 Å². The Bertz CT molecular complexity index is 198. The highest BCUT2D eigenvalue weighted by molar-refractivity contribution is 7.27. The van der Waals surface area contributed by atoms with Crippen molar-refractivity contribution < 1.29 is 0 Å². The summed E-state index contributed by atoms with van der Waals surface area (Å²) in [6.45, 7) is 4.39. The molecule has 0 saturated carbocycles. The fourth-order valence-corrected chi connectivity index (χ4v) is 1.03. The van der Waals surface area contributed by atoms with Gasteiger partial charge in [-0.05, 0) is 16.8 Å². The van der Waals surface area contributed by atoms with Crippen LogP contribution < -0.4 is 5.30 Å². The standard InChI is InChI=1S/C9H12P/c1-7(2)8-3-5-9(10)6-4-8/h3-7,10H,1-2H3. The molecule has 1 radical (unpaired) electrons. The first-order valence-corrected chi connectivity index (χ1v) is 4.01. The second kappa shape index (κ2) is 3.16. The summed E-state index contributed by atoms with van der Waals surface area (Å²) in [5.74, 6) is 0.632. The number of hydrogen-bond acceptors (Lipinski definition) is 0. The summed E-state index contributed by atoms with van der Waals surface area (Å²) in [5.41, 5.74) is 1.39. The Morgan fingerprint density at radius 2 is 1.60 bits per heavy atom. The van der Waals surface area contributed by atoms with E-state index in [4.69, 9.17) is 0 Å². The molecule has 10 heavy (non-hydrogen) atoms. The molecule has 1 aromatic rings. The molecule has 1 rings (SSSR count). The summed E-state index contributed by atoms with van der Waals surface area (Å²) in [6, 6.07) is 8.44. The van der Waals surface area contributed by atoms with Crippen LogP contribution in [0.4, 0.5) is 0 Å². The summed E-state index contributed by atoms with van der Waals surface area (Å²) < 4.78 is 0. The van der Waals surface area contributed by atoms with Gasteiger partial charge < -0.3 is 0 Å². The Hall–Kier alpha value is -0.350. The third kappa shape index (κ3) is 1.82. The minimum atomic E-state index is 0.632. The molecule has 0 aliphatic rings. The average Bonchev–Trinajstić information content (AvgIpc) is 1.88. The monoisotopic (exact) mass is 151 g/mol. The van der Waals surface area contributed by atoms with E-state index in [0.29, 0.717) is 5.92 Å². The number of hydrogen-bond donors (Lipinski definition) is 0. The Balaban J connectivity index is 2.89. The zero-order valence-corrected chi connectivity index (χ0v) is 7.39. The van der Waals surface area contributed by atoms with Crippen molar-refractivity contribution in [3.63, 3.8) is 0 Å². The van der Waals surface area contributed by atoms with Gasteiger partial charge >= 0.3 is 0 Å². The van der Waals surface area contributed by atoms with E-state index >= 15 is 0 Å². The smallest absolute Gasteiger partial charge is 0.0219 e.